The second kappa shape index (κ2) is 4.44. The normalized spacial score (nSPS) is 9.86. The van der Waals surface area contributed by atoms with Crippen molar-refractivity contribution in [2.24, 2.45) is 0 Å². The van der Waals surface area contributed by atoms with Gasteiger partial charge in [0.25, 0.3) is 5.69 Å². The molecule has 0 heterocycles. The Morgan fingerprint density at radius 2 is 2.21 bits per heavy atom. The van der Waals surface area contributed by atoms with E-state index in [4.69, 9.17) is 23.2 Å². The Hall–Kier alpha value is -1.06. The van der Waals surface area contributed by atoms with Crippen LogP contribution >= 0.6 is 23.2 Å². The second-order valence-corrected chi connectivity index (χ2v) is 3.33. The largest absolute Gasteiger partial charge is 0.270 e. The van der Waals surface area contributed by atoms with Crippen molar-refractivity contribution in [1.29, 1.82) is 0 Å². The van der Waals surface area contributed by atoms with E-state index in [1.807, 2.05) is 0 Å². The zero-order chi connectivity index (χ0) is 10.7. The monoisotopic (exact) mass is 231 g/mol. The summed E-state index contributed by atoms with van der Waals surface area (Å²) >= 11 is 11.4. The van der Waals surface area contributed by atoms with Crippen LogP contribution < -0.4 is 0 Å². The molecule has 3 nitrogen and oxygen atoms in total. The highest BCUT2D eigenvalue weighted by molar-refractivity contribution is 6.33. The molecule has 0 amide bonds. The molecule has 0 saturated carbocycles. The van der Waals surface area contributed by atoms with Crippen LogP contribution in [0.1, 0.15) is 5.56 Å². The number of nitro benzene ring substituents is 1. The average Bonchev–Trinajstić information content (AvgIpc) is 2.17. The standard InChI is InChI=1S/C9H7Cl2NO2/c1-6(5-10)8-4-7(12(13)14)2-3-9(8)11/h2-4H,1,5H2. The Labute approximate surface area is 91.1 Å². The first kappa shape index (κ1) is 11.0. The first-order valence-electron chi connectivity index (χ1n) is 3.74. The van der Waals surface area contributed by atoms with E-state index in [0.717, 1.165) is 0 Å². The smallest absolute Gasteiger partial charge is 0.258 e. The Bertz CT molecular complexity index is 390. The van der Waals surface area contributed by atoms with Gasteiger partial charge in [-0.1, -0.05) is 18.2 Å². The van der Waals surface area contributed by atoms with Crippen LogP contribution in [-0.4, -0.2) is 10.8 Å². The summed E-state index contributed by atoms with van der Waals surface area (Å²) in [6.07, 6.45) is 0. The molecule has 0 fully saturated rings. The molecule has 0 spiro atoms. The highest BCUT2D eigenvalue weighted by atomic mass is 35.5. The Morgan fingerprint density at radius 1 is 1.57 bits per heavy atom. The van der Waals surface area contributed by atoms with E-state index < -0.39 is 4.92 Å². The lowest BCUT2D eigenvalue weighted by Crippen LogP contribution is -1.91. The van der Waals surface area contributed by atoms with Crippen LogP contribution in [0, 0.1) is 10.1 Å². The molecule has 0 aromatic heterocycles. The number of halogens is 2. The van der Waals surface area contributed by atoms with Gasteiger partial charge in [-0.2, -0.15) is 0 Å². The number of rotatable bonds is 3. The van der Waals surface area contributed by atoms with E-state index in [1.165, 1.54) is 18.2 Å². The fourth-order valence-electron chi connectivity index (χ4n) is 0.970. The molecule has 1 rings (SSSR count). The third-order valence-electron chi connectivity index (χ3n) is 1.70. The summed E-state index contributed by atoms with van der Waals surface area (Å²) in [6.45, 7) is 3.67. The van der Waals surface area contributed by atoms with E-state index in [1.54, 1.807) is 0 Å². The molecular formula is C9H7Cl2NO2. The summed E-state index contributed by atoms with van der Waals surface area (Å²) in [5.74, 6) is 0.195. The Kier molecular flexibility index (Phi) is 3.49. The maximum atomic E-state index is 10.5. The van der Waals surface area contributed by atoms with Gasteiger partial charge in [0, 0.05) is 28.6 Å². The number of benzene rings is 1. The van der Waals surface area contributed by atoms with Gasteiger partial charge in [-0.3, -0.25) is 10.1 Å². The molecule has 0 saturated heterocycles. The van der Waals surface area contributed by atoms with E-state index in [-0.39, 0.29) is 11.6 Å². The lowest BCUT2D eigenvalue weighted by molar-refractivity contribution is -0.384. The maximum Gasteiger partial charge on any atom is 0.270 e. The van der Waals surface area contributed by atoms with Crippen LogP contribution in [0.4, 0.5) is 5.69 Å². The van der Waals surface area contributed by atoms with Crippen molar-refractivity contribution in [2.75, 3.05) is 5.88 Å². The molecule has 0 N–H and O–H groups in total. The molecule has 0 aliphatic carbocycles. The fraction of sp³-hybridized carbons (Fsp3) is 0.111. The highest BCUT2D eigenvalue weighted by Crippen LogP contribution is 2.27. The molecule has 14 heavy (non-hydrogen) atoms. The fourth-order valence-corrected chi connectivity index (χ4v) is 1.36. The summed E-state index contributed by atoms with van der Waals surface area (Å²) in [7, 11) is 0. The van der Waals surface area contributed by atoms with E-state index in [0.29, 0.717) is 16.2 Å². The lowest BCUT2D eigenvalue weighted by Gasteiger charge is -2.03. The highest BCUT2D eigenvalue weighted by Gasteiger charge is 2.11. The predicted octanol–water partition coefficient (Wildman–Crippen LogP) is 3.50. The van der Waals surface area contributed by atoms with Crippen molar-refractivity contribution < 1.29 is 4.92 Å². The number of nitro groups is 1. The SMILES string of the molecule is C=C(CCl)c1cc([N+](=O)[O-])ccc1Cl. The van der Waals surface area contributed by atoms with Crippen LogP contribution in [-0.2, 0) is 0 Å². The van der Waals surface area contributed by atoms with E-state index in [2.05, 4.69) is 6.58 Å². The van der Waals surface area contributed by atoms with Crippen molar-refractivity contribution in [3.05, 3.63) is 45.5 Å². The third-order valence-corrected chi connectivity index (χ3v) is 2.36. The van der Waals surface area contributed by atoms with Crippen LogP contribution in [0.3, 0.4) is 0 Å². The van der Waals surface area contributed by atoms with Gasteiger partial charge in [0.2, 0.25) is 0 Å². The number of alkyl halides is 1. The Morgan fingerprint density at radius 3 is 2.71 bits per heavy atom. The molecule has 5 heteroatoms. The number of hydrogen-bond donors (Lipinski definition) is 0. The van der Waals surface area contributed by atoms with E-state index in [9.17, 15) is 10.1 Å². The number of nitrogens with zero attached hydrogens (tertiary/aromatic N) is 1. The number of allylic oxidation sites excluding steroid dienone is 1. The van der Waals surface area contributed by atoms with Crippen molar-refractivity contribution in [2.45, 2.75) is 0 Å². The van der Waals surface area contributed by atoms with Crippen LogP contribution in [0.25, 0.3) is 5.57 Å². The van der Waals surface area contributed by atoms with Gasteiger partial charge in [0.05, 0.1) is 4.92 Å². The lowest BCUT2D eigenvalue weighted by atomic mass is 10.1. The molecule has 0 atom stereocenters. The van der Waals surface area contributed by atoms with Crippen molar-refractivity contribution in [1.82, 2.24) is 0 Å². The van der Waals surface area contributed by atoms with Crippen molar-refractivity contribution >= 4 is 34.5 Å². The molecule has 1 aromatic rings. The third kappa shape index (κ3) is 2.25. The molecule has 0 radical (unpaired) electrons. The van der Waals surface area contributed by atoms with Gasteiger partial charge in [-0.15, -0.1) is 11.6 Å². The molecule has 0 aliphatic heterocycles. The van der Waals surface area contributed by atoms with Gasteiger partial charge in [-0.25, -0.2) is 0 Å². The van der Waals surface area contributed by atoms with E-state index >= 15 is 0 Å². The zero-order valence-electron chi connectivity index (χ0n) is 7.17. The molecular weight excluding hydrogens is 225 g/mol. The summed E-state index contributed by atoms with van der Waals surface area (Å²) in [5.41, 5.74) is 1.08. The van der Waals surface area contributed by atoms with Crippen molar-refractivity contribution in [3.63, 3.8) is 0 Å². The molecule has 0 unspecified atom stereocenters. The first-order valence-corrected chi connectivity index (χ1v) is 4.65. The topological polar surface area (TPSA) is 43.1 Å². The van der Waals surface area contributed by atoms with Gasteiger partial charge in [0.1, 0.15) is 0 Å². The summed E-state index contributed by atoms with van der Waals surface area (Å²) in [6, 6.07) is 4.17. The van der Waals surface area contributed by atoms with Crippen LogP contribution in [0.5, 0.6) is 0 Å². The summed E-state index contributed by atoms with van der Waals surface area (Å²) in [5, 5.41) is 10.9. The molecule has 0 aliphatic rings. The van der Waals surface area contributed by atoms with Gasteiger partial charge in [0.15, 0.2) is 0 Å². The molecule has 1 aromatic carbocycles. The first-order chi connectivity index (χ1) is 6.56. The van der Waals surface area contributed by atoms with Crippen LogP contribution in [0.15, 0.2) is 24.8 Å². The average molecular weight is 232 g/mol. The minimum atomic E-state index is -0.485. The summed E-state index contributed by atoms with van der Waals surface area (Å²) < 4.78 is 0. The minimum Gasteiger partial charge on any atom is -0.258 e. The Balaban J connectivity index is 3.21. The second-order valence-electron chi connectivity index (χ2n) is 2.66. The minimum absolute atomic E-state index is 0.0179. The van der Waals surface area contributed by atoms with Gasteiger partial charge < -0.3 is 0 Å². The number of hydrogen-bond acceptors (Lipinski definition) is 2. The maximum absolute atomic E-state index is 10.5. The predicted molar refractivity (Wildman–Crippen MR) is 57.9 cm³/mol. The van der Waals surface area contributed by atoms with Crippen molar-refractivity contribution in [3.8, 4) is 0 Å². The zero-order valence-corrected chi connectivity index (χ0v) is 8.68. The molecule has 0 bridgehead atoms. The molecule has 74 valence electrons. The van der Waals surface area contributed by atoms with Crippen LogP contribution in [0.2, 0.25) is 5.02 Å². The number of non-ortho nitro benzene ring substituents is 1. The summed E-state index contributed by atoms with van der Waals surface area (Å²) in [4.78, 5) is 9.99. The quantitative estimate of drug-likeness (QED) is 0.454. The van der Waals surface area contributed by atoms with Gasteiger partial charge >= 0.3 is 0 Å². The van der Waals surface area contributed by atoms with Gasteiger partial charge in [-0.05, 0) is 11.6 Å².